The fourth-order valence-corrected chi connectivity index (χ4v) is 4.30. The van der Waals surface area contributed by atoms with E-state index in [2.05, 4.69) is 13.8 Å². The monoisotopic (exact) mass is 440 g/mol. The Kier molecular flexibility index (Phi) is 7.55. The summed E-state index contributed by atoms with van der Waals surface area (Å²) < 4.78 is 30.5. The molecule has 0 aliphatic carbocycles. The lowest BCUT2D eigenvalue weighted by Gasteiger charge is -2.26. The van der Waals surface area contributed by atoms with Crippen molar-refractivity contribution in [3.63, 3.8) is 0 Å². The van der Waals surface area contributed by atoms with Gasteiger partial charge < -0.3 is 14.2 Å². The predicted octanol–water partition coefficient (Wildman–Crippen LogP) is 6.69. The van der Waals surface area contributed by atoms with Crippen molar-refractivity contribution < 1.29 is 23.2 Å². The minimum Gasteiger partial charge on any atom is -0.395 e. The Hall–Kier alpha value is -2.59. The molecule has 0 spiro atoms. The third-order valence-corrected chi connectivity index (χ3v) is 6.45. The van der Waals surface area contributed by atoms with Gasteiger partial charge in [-0.3, -0.25) is 4.52 Å². The number of phosphoric acid groups is 1. The largest absolute Gasteiger partial charge is 0.587 e. The highest BCUT2D eigenvalue weighted by molar-refractivity contribution is 7.49. The van der Waals surface area contributed by atoms with Crippen molar-refractivity contribution >= 4 is 7.82 Å². The molecular weight excluding hydrogens is 411 g/mol. The first-order valence-electron chi connectivity index (χ1n) is 10.4. The fraction of sp³-hybridized carbons (Fsp3) is 0.280. The number of rotatable bonds is 10. The molecule has 0 aliphatic rings. The van der Waals surface area contributed by atoms with E-state index < -0.39 is 13.4 Å². The summed E-state index contributed by atoms with van der Waals surface area (Å²) in [4.78, 5) is 0. The Balaban J connectivity index is 1.80. The van der Waals surface area contributed by atoms with Crippen LogP contribution in [0.25, 0.3) is 0 Å². The van der Waals surface area contributed by atoms with E-state index in [9.17, 15) is 9.67 Å². The molecule has 6 heteroatoms. The van der Waals surface area contributed by atoms with Crippen molar-refractivity contribution in [1.82, 2.24) is 0 Å². The lowest BCUT2D eigenvalue weighted by molar-refractivity contribution is -0.000969. The molecule has 0 saturated heterocycles. The maximum absolute atomic E-state index is 13.5. The van der Waals surface area contributed by atoms with E-state index in [0.717, 1.165) is 6.42 Å². The smallest absolute Gasteiger partial charge is 0.395 e. The van der Waals surface area contributed by atoms with Gasteiger partial charge in [0, 0.05) is 0 Å². The van der Waals surface area contributed by atoms with Gasteiger partial charge in [0.05, 0.1) is 6.61 Å². The number of para-hydroxylation sites is 1. The molecule has 0 bridgehead atoms. The van der Waals surface area contributed by atoms with Crippen molar-refractivity contribution in [2.24, 2.45) is 0 Å². The summed E-state index contributed by atoms with van der Waals surface area (Å²) in [6, 6.07) is 25.1. The van der Waals surface area contributed by atoms with Gasteiger partial charge in [0.1, 0.15) is 17.1 Å². The van der Waals surface area contributed by atoms with Crippen LogP contribution in [0, 0.1) is 0 Å². The second-order valence-corrected chi connectivity index (χ2v) is 9.25. The highest BCUT2D eigenvalue weighted by Gasteiger charge is 2.35. The summed E-state index contributed by atoms with van der Waals surface area (Å²) in [5.41, 5.74) is 0.432. The van der Waals surface area contributed by atoms with E-state index in [1.807, 2.05) is 36.4 Å². The fourth-order valence-electron chi connectivity index (χ4n) is 2.99. The molecule has 3 unspecified atom stereocenters. The van der Waals surface area contributed by atoms with Crippen LogP contribution < -0.4 is 9.05 Å². The summed E-state index contributed by atoms with van der Waals surface area (Å²) in [5.74, 6) is 1.13. The van der Waals surface area contributed by atoms with Gasteiger partial charge in [-0.15, -0.1) is 0 Å². The van der Waals surface area contributed by atoms with E-state index in [-0.39, 0.29) is 6.61 Å². The molecule has 164 valence electrons. The van der Waals surface area contributed by atoms with Crippen molar-refractivity contribution in [3.8, 4) is 11.5 Å². The average molecular weight is 440 g/mol. The van der Waals surface area contributed by atoms with E-state index >= 15 is 0 Å². The molecular formula is C25H29O5P. The van der Waals surface area contributed by atoms with Crippen LogP contribution in [0.2, 0.25) is 0 Å². The second-order valence-electron chi connectivity index (χ2n) is 7.73. The zero-order chi connectivity index (χ0) is 22.3. The van der Waals surface area contributed by atoms with Crippen LogP contribution >= 0.6 is 7.82 Å². The molecule has 31 heavy (non-hydrogen) atoms. The number of benzene rings is 3. The number of hydrogen-bond acceptors (Lipinski definition) is 5. The lowest BCUT2D eigenvalue weighted by Crippen LogP contribution is -2.28. The van der Waals surface area contributed by atoms with Crippen molar-refractivity contribution in [2.45, 2.75) is 38.7 Å². The molecule has 0 amide bonds. The molecule has 3 aromatic carbocycles. The maximum Gasteiger partial charge on any atom is 0.587 e. The van der Waals surface area contributed by atoms with Crippen LogP contribution in [0.3, 0.4) is 0 Å². The molecule has 3 atom stereocenters. The zero-order valence-electron chi connectivity index (χ0n) is 18.1. The first-order chi connectivity index (χ1) is 14.8. The maximum atomic E-state index is 13.5. The van der Waals surface area contributed by atoms with Gasteiger partial charge in [0.15, 0.2) is 0 Å². The molecule has 0 aromatic heterocycles. The Morgan fingerprint density at radius 3 is 1.94 bits per heavy atom. The molecule has 3 rings (SSSR count). The summed E-state index contributed by atoms with van der Waals surface area (Å²) in [5, 5.41) is 10.8. The third kappa shape index (κ3) is 6.44. The predicted molar refractivity (Wildman–Crippen MR) is 122 cm³/mol. The van der Waals surface area contributed by atoms with Crippen LogP contribution in [0.4, 0.5) is 0 Å². The minimum absolute atomic E-state index is 0.272. The molecule has 5 nitrogen and oxygen atoms in total. The van der Waals surface area contributed by atoms with Gasteiger partial charge >= 0.3 is 7.82 Å². The average Bonchev–Trinajstić information content (AvgIpc) is 2.79. The van der Waals surface area contributed by atoms with Gasteiger partial charge in [-0.05, 0) is 54.7 Å². The van der Waals surface area contributed by atoms with Gasteiger partial charge in [-0.1, -0.05) is 74.5 Å². The van der Waals surface area contributed by atoms with Gasteiger partial charge in [0.2, 0.25) is 0 Å². The van der Waals surface area contributed by atoms with Crippen LogP contribution in [0.15, 0.2) is 84.9 Å². The Morgan fingerprint density at radius 2 is 1.39 bits per heavy atom. The number of hydrogen-bond donors (Lipinski definition) is 1. The summed E-state index contributed by atoms with van der Waals surface area (Å²) >= 11 is 0. The zero-order valence-corrected chi connectivity index (χ0v) is 19.0. The minimum atomic E-state index is -4.09. The molecule has 0 aliphatic heterocycles. The van der Waals surface area contributed by atoms with E-state index in [1.165, 1.54) is 5.56 Å². The first kappa shape index (κ1) is 23.1. The van der Waals surface area contributed by atoms with Crippen LogP contribution in [0.5, 0.6) is 11.5 Å². The first-order valence-corrected chi connectivity index (χ1v) is 11.8. The van der Waals surface area contributed by atoms with Crippen LogP contribution in [-0.2, 0) is 14.7 Å². The molecule has 3 aromatic rings. The van der Waals surface area contributed by atoms with Crippen molar-refractivity contribution in [3.05, 3.63) is 96.1 Å². The van der Waals surface area contributed by atoms with Gasteiger partial charge in [0.25, 0.3) is 0 Å². The van der Waals surface area contributed by atoms with Crippen molar-refractivity contribution in [1.29, 1.82) is 0 Å². The third-order valence-electron chi connectivity index (χ3n) is 5.14. The summed E-state index contributed by atoms with van der Waals surface area (Å²) in [7, 11) is -4.09. The highest BCUT2D eigenvalue weighted by atomic mass is 31.2. The van der Waals surface area contributed by atoms with E-state index in [0.29, 0.717) is 23.0 Å². The molecule has 0 heterocycles. The topological polar surface area (TPSA) is 65.0 Å². The molecule has 0 saturated carbocycles. The molecule has 0 fully saturated rings. The van der Waals surface area contributed by atoms with Crippen LogP contribution in [-0.4, -0.2) is 11.7 Å². The Bertz CT molecular complexity index is 987. The molecule has 0 radical (unpaired) electrons. The normalized spacial score (nSPS) is 16.0. The standard InChI is InChI=1S/C25H29O5P/c1-4-20(2)21-15-17-24(18-16-21)30-31(27,29-23-13-9-6-10-14-23)28-19-25(3,26)22-11-7-5-8-12-22/h5-18,20,26H,4,19H2,1-3H3. The second kappa shape index (κ2) is 10.1. The highest BCUT2D eigenvalue weighted by Crippen LogP contribution is 2.50. The summed E-state index contributed by atoms with van der Waals surface area (Å²) in [6.45, 7) is 5.60. The Labute approximate surface area is 184 Å². The SMILES string of the molecule is CCC(C)c1ccc(OP(=O)(OCC(C)(O)c2ccccc2)Oc2ccccc2)cc1. The number of phosphoric ester groups is 1. The van der Waals surface area contributed by atoms with Gasteiger partial charge in [-0.25, -0.2) is 4.57 Å². The molecule has 1 N–H and O–H groups in total. The Morgan fingerprint density at radius 1 is 0.871 bits per heavy atom. The van der Waals surface area contributed by atoms with E-state index in [4.69, 9.17) is 13.6 Å². The van der Waals surface area contributed by atoms with Gasteiger partial charge in [-0.2, -0.15) is 0 Å². The van der Waals surface area contributed by atoms with Crippen LogP contribution in [0.1, 0.15) is 44.2 Å². The number of aliphatic hydroxyl groups is 1. The van der Waals surface area contributed by atoms with E-state index in [1.54, 1.807) is 55.5 Å². The quantitative estimate of drug-likeness (QED) is 0.356. The van der Waals surface area contributed by atoms with Crippen molar-refractivity contribution in [2.75, 3.05) is 6.61 Å². The lowest BCUT2D eigenvalue weighted by atomic mass is 9.97. The summed E-state index contributed by atoms with van der Waals surface area (Å²) in [6.07, 6.45) is 1.02.